The van der Waals surface area contributed by atoms with Gasteiger partial charge in [0.2, 0.25) is 0 Å². The molecule has 6 heteroatoms. The number of fused-ring (bicyclic) bond motifs is 1. The molecule has 0 saturated carbocycles. The van der Waals surface area contributed by atoms with Gasteiger partial charge in [-0.3, -0.25) is 4.98 Å². The van der Waals surface area contributed by atoms with Crippen LogP contribution in [0.5, 0.6) is 5.75 Å². The quantitative estimate of drug-likeness (QED) is 0.774. The van der Waals surface area contributed by atoms with Crippen molar-refractivity contribution in [2.75, 3.05) is 23.7 Å². The molecule has 1 aromatic carbocycles. The minimum absolute atomic E-state index is 0.197. The van der Waals surface area contributed by atoms with E-state index in [2.05, 4.69) is 32.0 Å². The third-order valence-corrected chi connectivity index (χ3v) is 3.95. The van der Waals surface area contributed by atoms with Gasteiger partial charge in [-0.05, 0) is 30.3 Å². The summed E-state index contributed by atoms with van der Waals surface area (Å²) in [7, 11) is 0. The summed E-state index contributed by atoms with van der Waals surface area (Å²) < 4.78 is 6.00. The molecular weight excluding hydrogens is 278 g/mol. The maximum Gasteiger partial charge on any atom is 0.198 e. The number of nitrogen functional groups attached to an aromatic ring is 1. The van der Waals surface area contributed by atoms with Gasteiger partial charge in [-0.1, -0.05) is 0 Å². The summed E-state index contributed by atoms with van der Waals surface area (Å²) in [5.74, 6) is 1.32. The number of hydrogen-bond acceptors (Lipinski definition) is 5. The second-order valence-electron chi connectivity index (χ2n) is 5.48. The number of benzene rings is 1. The van der Waals surface area contributed by atoms with Crippen LogP contribution in [0.25, 0.3) is 11.0 Å². The zero-order valence-electron chi connectivity index (χ0n) is 12.1. The van der Waals surface area contributed by atoms with E-state index in [9.17, 15) is 0 Å². The van der Waals surface area contributed by atoms with Crippen LogP contribution in [0.4, 0.5) is 11.6 Å². The molecule has 1 atom stereocenters. The van der Waals surface area contributed by atoms with Crippen molar-refractivity contribution < 1.29 is 4.74 Å². The van der Waals surface area contributed by atoms with E-state index in [4.69, 9.17) is 10.5 Å². The molecule has 2 aromatic heterocycles. The molecule has 0 bridgehead atoms. The van der Waals surface area contributed by atoms with Gasteiger partial charge in [0.15, 0.2) is 5.95 Å². The van der Waals surface area contributed by atoms with Crippen LogP contribution in [0.2, 0.25) is 0 Å². The Labute approximate surface area is 127 Å². The van der Waals surface area contributed by atoms with Crippen LogP contribution in [-0.2, 0) is 0 Å². The number of anilines is 2. The maximum atomic E-state index is 6.00. The van der Waals surface area contributed by atoms with E-state index in [0.717, 1.165) is 42.0 Å². The van der Waals surface area contributed by atoms with E-state index in [-0.39, 0.29) is 6.10 Å². The van der Waals surface area contributed by atoms with Gasteiger partial charge < -0.3 is 20.4 Å². The average Bonchev–Trinajstić information content (AvgIpc) is 3.13. The smallest absolute Gasteiger partial charge is 0.198 e. The lowest BCUT2D eigenvalue weighted by Gasteiger charge is -2.19. The molecule has 0 radical (unpaired) electrons. The average molecular weight is 295 g/mol. The van der Waals surface area contributed by atoms with Crippen molar-refractivity contribution in [1.82, 2.24) is 15.0 Å². The summed E-state index contributed by atoms with van der Waals surface area (Å²) >= 11 is 0. The number of nitrogens with two attached hydrogens (primary N) is 1. The number of aromatic nitrogens is 3. The fourth-order valence-corrected chi connectivity index (χ4v) is 2.88. The van der Waals surface area contributed by atoms with Crippen molar-refractivity contribution in [1.29, 1.82) is 0 Å². The van der Waals surface area contributed by atoms with E-state index < -0.39 is 0 Å². The zero-order chi connectivity index (χ0) is 14.9. The molecule has 4 rings (SSSR count). The lowest BCUT2D eigenvalue weighted by molar-refractivity contribution is 0.225. The van der Waals surface area contributed by atoms with Gasteiger partial charge in [0.05, 0.1) is 17.6 Å². The summed E-state index contributed by atoms with van der Waals surface area (Å²) in [5, 5.41) is 0. The Morgan fingerprint density at radius 3 is 2.95 bits per heavy atom. The number of imidazole rings is 1. The zero-order valence-corrected chi connectivity index (χ0v) is 12.1. The molecule has 0 amide bonds. The van der Waals surface area contributed by atoms with E-state index in [1.165, 1.54) is 0 Å². The van der Waals surface area contributed by atoms with E-state index >= 15 is 0 Å². The van der Waals surface area contributed by atoms with Crippen LogP contribution in [0.15, 0.2) is 42.7 Å². The number of H-pyrrole nitrogens is 1. The van der Waals surface area contributed by atoms with Gasteiger partial charge in [0.1, 0.15) is 11.9 Å². The number of ether oxygens (including phenoxy) is 1. The molecule has 1 saturated heterocycles. The highest BCUT2D eigenvalue weighted by molar-refractivity contribution is 5.81. The molecule has 1 aliphatic heterocycles. The first kappa shape index (κ1) is 12.9. The Morgan fingerprint density at radius 2 is 2.09 bits per heavy atom. The molecule has 1 unspecified atom stereocenters. The topological polar surface area (TPSA) is 80.1 Å². The van der Waals surface area contributed by atoms with Gasteiger partial charge in [0, 0.05) is 31.0 Å². The fourth-order valence-electron chi connectivity index (χ4n) is 2.88. The second kappa shape index (κ2) is 5.22. The van der Waals surface area contributed by atoms with Gasteiger partial charge in [-0.2, -0.15) is 0 Å². The normalized spacial score (nSPS) is 18.0. The Hall–Kier alpha value is -2.76. The highest BCUT2D eigenvalue weighted by Crippen LogP contribution is 2.26. The lowest BCUT2D eigenvalue weighted by atomic mass is 10.2. The Bertz CT molecular complexity index is 786. The van der Waals surface area contributed by atoms with Crippen LogP contribution in [-0.4, -0.2) is 34.1 Å². The van der Waals surface area contributed by atoms with Gasteiger partial charge in [-0.25, -0.2) is 4.98 Å². The van der Waals surface area contributed by atoms with Crippen molar-refractivity contribution in [3.05, 3.63) is 42.7 Å². The maximum absolute atomic E-state index is 6.00. The number of hydrogen-bond donors (Lipinski definition) is 2. The lowest BCUT2D eigenvalue weighted by Crippen LogP contribution is -2.24. The third kappa shape index (κ3) is 2.43. The monoisotopic (exact) mass is 295 g/mol. The van der Waals surface area contributed by atoms with Crippen LogP contribution in [0, 0.1) is 0 Å². The summed E-state index contributed by atoms with van der Waals surface area (Å²) in [6.45, 7) is 1.84. The minimum atomic E-state index is 0.197. The summed E-state index contributed by atoms with van der Waals surface area (Å²) in [4.78, 5) is 13.6. The van der Waals surface area contributed by atoms with Gasteiger partial charge in [-0.15, -0.1) is 0 Å². The Balaban J connectivity index is 1.49. The molecule has 0 aliphatic carbocycles. The van der Waals surface area contributed by atoms with E-state index in [1.807, 2.05) is 18.2 Å². The van der Waals surface area contributed by atoms with Crippen LogP contribution in [0.3, 0.4) is 0 Å². The van der Waals surface area contributed by atoms with Crippen LogP contribution in [0.1, 0.15) is 6.42 Å². The number of nitrogens with zero attached hydrogens (tertiary/aromatic N) is 3. The largest absolute Gasteiger partial charge is 0.488 e. The molecule has 6 nitrogen and oxygen atoms in total. The van der Waals surface area contributed by atoms with Crippen LogP contribution >= 0.6 is 0 Å². The fraction of sp³-hybridized carbons (Fsp3) is 0.250. The number of nitrogens with one attached hydrogen (secondary N) is 1. The third-order valence-electron chi connectivity index (χ3n) is 3.95. The van der Waals surface area contributed by atoms with Crippen molar-refractivity contribution >= 4 is 22.7 Å². The molecule has 3 heterocycles. The summed E-state index contributed by atoms with van der Waals surface area (Å²) in [6, 6.07) is 9.96. The first-order valence-electron chi connectivity index (χ1n) is 7.35. The van der Waals surface area contributed by atoms with E-state index in [0.29, 0.717) is 5.95 Å². The molecule has 1 aliphatic rings. The molecule has 3 aromatic rings. The van der Waals surface area contributed by atoms with Gasteiger partial charge in [0.25, 0.3) is 0 Å². The SMILES string of the molecule is Nc1nc2cc(N3CCC(Oc4ccncc4)C3)ccc2[nH]1. The molecule has 22 heavy (non-hydrogen) atoms. The number of aromatic amines is 1. The van der Waals surface area contributed by atoms with Crippen molar-refractivity contribution in [3.63, 3.8) is 0 Å². The van der Waals surface area contributed by atoms with E-state index in [1.54, 1.807) is 12.4 Å². The van der Waals surface area contributed by atoms with Crippen molar-refractivity contribution in [3.8, 4) is 5.75 Å². The predicted molar refractivity (Wildman–Crippen MR) is 86.0 cm³/mol. The first-order chi connectivity index (χ1) is 10.8. The predicted octanol–water partition coefficient (Wildman–Crippen LogP) is 2.20. The highest BCUT2D eigenvalue weighted by Gasteiger charge is 2.24. The number of rotatable bonds is 3. The van der Waals surface area contributed by atoms with Gasteiger partial charge >= 0.3 is 0 Å². The molecule has 1 fully saturated rings. The molecule has 0 spiro atoms. The minimum Gasteiger partial charge on any atom is -0.488 e. The molecule has 3 N–H and O–H groups in total. The van der Waals surface area contributed by atoms with Crippen molar-refractivity contribution in [2.45, 2.75) is 12.5 Å². The number of pyridine rings is 1. The molecule has 112 valence electrons. The van der Waals surface area contributed by atoms with Crippen molar-refractivity contribution in [2.24, 2.45) is 0 Å². The highest BCUT2D eigenvalue weighted by atomic mass is 16.5. The second-order valence-corrected chi connectivity index (χ2v) is 5.48. The Morgan fingerprint density at radius 1 is 1.23 bits per heavy atom. The molecular formula is C16H17N5O. The van der Waals surface area contributed by atoms with Crippen LogP contribution < -0.4 is 15.4 Å². The summed E-state index contributed by atoms with van der Waals surface area (Å²) in [5.41, 5.74) is 8.71. The summed E-state index contributed by atoms with van der Waals surface area (Å²) in [6.07, 6.45) is 4.70. The first-order valence-corrected chi connectivity index (χ1v) is 7.35. The standard InChI is InChI=1S/C16H17N5O/c17-16-19-14-2-1-11(9-15(14)20-16)21-8-5-13(10-21)22-12-3-6-18-7-4-12/h1-4,6-7,9,13H,5,8,10H2,(H3,17,19,20). The Kier molecular flexibility index (Phi) is 3.07.